The minimum Gasteiger partial charge on any atom is -0.478 e. The van der Waals surface area contributed by atoms with Crippen molar-refractivity contribution in [1.29, 1.82) is 0 Å². The maximum atomic E-state index is 12.9. The highest BCUT2D eigenvalue weighted by Crippen LogP contribution is 2.36. The van der Waals surface area contributed by atoms with Gasteiger partial charge in [0, 0.05) is 11.6 Å². The fourth-order valence-electron chi connectivity index (χ4n) is 2.80. The molecule has 0 bridgehead atoms. The average molecular weight is 392 g/mol. The number of carboxylic acid groups (broad SMARTS) is 1. The Labute approximate surface area is 164 Å². The summed E-state index contributed by atoms with van der Waals surface area (Å²) >= 11 is 6.55. The topological polar surface area (TPSA) is 70.5 Å². The number of amides is 1. The van der Waals surface area contributed by atoms with Crippen molar-refractivity contribution < 1.29 is 14.7 Å². The fraction of sp³-hybridized carbons (Fsp3) is 0. The van der Waals surface area contributed by atoms with Gasteiger partial charge < -0.3 is 5.11 Å². The largest absolute Gasteiger partial charge is 0.478 e. The molecule has 0 radical (unpaired) electrons. The molecule has 2 aromatic carbocycles. The maximum Gasteiger partial charge on any atom is 0.335 e. The average Bonchev–Trinajstić information content (AvgIpc) is 2.95. The van der Waals surface area contributed by atoms with E-state index in [1.54, 1.807) is 24.4 Å². The molecule has 132 valence electrons. The van der Waals surface area contributed by atoms with Gasteiger partial charge in [0.25, 0.3) is 5.91 Å². The molecule has 4 rings (SSSR count). The Kier molecular flexibility index (Phi) is 4.47. The smallest absolute Gasteiger partial charge is 0.335 e. The molecule has 27 heavy (non-hydrogen) atoms. The van der Waals surface area contributed by atoms with Gasteiger partial charge in [0.1, 0.15) is 0 Å². The molecule has 1 aliphatic rings. The predicted molar refractivity (Wildman–Crippen MR) is 111 cm³/mol. The van der Waals surface area contributed by atoms with Crippen LogP contribution in [0.15, 0.2) is 65.7 Å². The zero-order valence-electron chi connectivity index (χ0n) is 13.8. The Bertz CT molecular complexity index is 1140. The quantitative estimate of drug-likeness (QED) is 0.528. The third kappa shape index (κ3) is 3.34. The van der Waals surface area contributed by atoms with Crippen molar-refractivity contribution in [1.82, 2.24) is 4.98 Å². The zero-order chi connectivity index (χ0) is 19.0. The van der Waals surface area contributed by atoms with Gasteiger partial charge in [-0.25, -0.2) is 4.79 Å². The number of benzene rings is 2. The summed E-state index contributed by atoms with van der Waals surface area (Å²) in [7, 11) is 0. The summed E-state index contributed by atoms with van der Waals surface area (Å²) in [6.07, 6.45) is 3.52. The van der Waals surface area contributed by atoms with Crippen molar-refractivity contribution >= 4 is 62.8 Å². The van der Waals surface area contributed by atoms with Crippen molar-refractivity contribution in [2.75, 3.05) is 4.90 Å². The van der Waals surface area contributed by atoms with Crippen molar-refractivity contribution in [3.05, 3.63) is 76.8 Å². The van der Waals surface area contributed by atoms with Gasteiger partial charge in [0.05, 0.1) is 21.7 Å². The number of rotatable bonds is 3. The first kappa shape index (κ1) is 17.4. The van der Waals surface area contributed by atoms with Gasteiger partial charge in [-0.2, -0.15) is 0 Å². The molecule has 1 amide bonds. The summed E-state index contributed by atoms with van der Waals surface area (Å²) in [5.41, 5.74) is 2.30. The molecule has 1 saturated heterocycles. The second-order valence-corrected chi connectivity index (χ2v) is 7.50. The normalized spacial score (nSPS) is 15.7. The molecular formula is C20H12N2O3S2. The molecule has 0 atom stereocenters. The molecule has 1 fully saturated rings. The highest BCUT2D eigenvalue weighted by Gasteiger charge is 2.33. The van der Waals surface area contributed by atoms with Crippen LogP contribution in [0.25, 0.3) is 17.0 Å². The van der Waals surface area contributed by atoms with E-state index in [1.807, 2.05) is 30.3 Å². The SMILES string of the molecule is O=C(O)c1cccc(N2C(=O)C(=Cc3ccc4ncccc4c3)SC2=S)c1. The van der Waals surface area contributed by atoms with Crippen molar-refractivity contribution in [2.45, 2.75) is 0 Å². The molecule has 0 aliphatic carbocycles. The van der Waals surface area contributed by atoms with Gasteiger partial charge in [0.15, 0.2) is 4.32 Å². The number of nitrogens with zero attached hydrogens (tertiary/aromatic N) is 2. The second kappa shape index (κ2) is 6.94. The van der Waals surface area contributed by atoms with Crippen molar-refractivity contribution in [2.24, 2.45) is 0 Å². The van der Waals surface area contributed by atoms with Crippen LogP contribution in [0.4, 0.5) is 5.69 Å². The van der Waals surface area contributed by atoms with E-state index in [2.05, 4.69) is 4.98 Å². The lowest BCUT2D eigenvalue weighted by atomic mass is 10.1. The number of carbonyl (C=O) groups is 2. The summed E-state index contributed by atoms with van der Waals surface area (Å²) in [5.74, 6) is -1.32. The molecule has 0 saturated carbocycles. The van der Waals surface area contributed by atoms with Gasteiger partial charge >= 0.3 is 5.97 Å². The molecule has 7 heteroatoms. The lowest BCUT2D eigenvalue weighted by molar-refractivity contribution is -0.113. The van der Waals surface area contributed by atoms with Gasteiger partial charge in [-0.15, -0.1) is 0 Å². The van der Waals surface area contributed by atoms with E-state index in [9.17, 15) is 9.59 Å². The maximum absolute atomic E-state index is 12.9. The number of hydrogen-bond donors (Lipinski definition) is 1. The van der Waals surface area contributed by atoms with E-state index in [0.29, 0.717) is 14.9 Å². The Balaban J connectivity index is 1.68. The summed E-state index contributed by atoms with van der Waals surface area (Å²) < 4.78 is 0.372. The van der Waals surface area contributed by atoms with Gasteiger partial charge in [-0.3, -0.25) is 14.7 Å². The van der Waals surface area contributed by atoms with Gasteiger partial charge in [0.2, 0.25) is 0 Å². The highest BCUT2D eigenvalue weighted by atomic mass is 32.2. The zero-order valence-corrected chi connectivity index (χ0v) is 15.5. The molecule has 1 aromatic heterocycles. The molecule has 0 spiro atoms. The third-order valence-electron chi connectivity index (χ3n) is 4.07. The summed E-state index contributed by atoms with van der Waals surface area (Å²) in [6.45, 7) is 0. The molecule has 5 nitrogen and oxygen atoms in total. The van der Waals surface area contributed by atoms with Gasteiger partial charge in [-0.05, 0) is 48.0 Å². The number of carboxylic acids is 1. The summed E-state index contributed by atoms with van der Waals surface area (Å²) in [6, 6.07) is 15.8. The van der Waals surface area contributed by atoms with E-state index >= 15 is 0 Å². The first-order valence-electron chi connectivity index (χ1n) is 7.99. The third-order valence-corrected chi connectivity index (χ3v) is 5.37. The van der Waals surface area contributed by atoms with E-state index in [1.165, 1.54) is 28.8 Å². The first-order chi connectivity index (χ1) is 13.0. The number of pyridine rings is 1. The van der Waals surface area contributed by atoms with Crippen LogP contribution in [-0.4, -0.2) is 26.3 Å². The number of fused-ring (bicyclic) bond motifs is 1. The number of carbonyl (C=O) groups excluding carboxylic acids is 1. The number of anilines is 1. The monoisotopic (exact) mass is 392 g/mol. The highest BCUT2D eigenvalue weighted by molar-refractivity contribution is 8.27. The van der Waals surface area contributed by atoms with Crippen molar-refractivity contribution in [3.63, 3.8) is 0 Å². The van der Waals surface area contributed by atoms with Crippen LogP contribution in [0, 0.1) is 0 Å². The molecule has 2 heterocycles. The van der Waals surface area contributed by atoms with Gasteiger partial charge in [-0.1, -0.05) is 42.2 Å². The van der Waals surface area contributed by atoms with E-state index < -0.39 is 5.97 Å². The van der Waals surface area contributed by atoms with Crippen LogP contribution < -0.4 is 4.90 Å². The summed E-state index contributed by atoms with van der Waals surface area (Å²) in [4.78, 5) is 30.2. The van der Waals surface area contributed by atoms with Crippen LogP contribution in [0.5, 0.6) is 0 Å². The van der Waals surface area contributed by atoms with Crippen LogP contribution in [0.3, 0.4) is 0 Å². The second-order valence-electron chi connectivity index (χ2n) is 5.83. The van der Waals surface area contributed by atoms with E-state index in [-0.39, 0.29) is 11.5 Å². The lowest BCUT2D eigenvalue weighted by Gasteiger charge is -2.14. The van der Waals surface area contributed by atoms with E-state index in [4.69, 9.17) is 17.3 Å². The number of thiocarbonyl (C=S) groups is 1. The Hall–Kier alpha value is -3.03. The Morgan fingerprint density at radius 3 is 2.81 bits per heavy atom. The number of aromatic nitrogens is 1. The summed E-state index contributed by atoms with van der Waals surface area (Å²) in [5, 5.41) is 10.1. The van der Waals surface area contributed by atoms with E-state index in [0.717, 1.165) is 16.5 Å². The fourth-order valence-corrected chi connectivity index (χ4v) is 4.10. The minimum atomic E-state index is -1.05. The standard InChI is InChI=1S/C20H12N2O3S2/c23-18-17(10-12-6-7-16-13(9-12)4-2-8-21-16)27-20(26)22(18)15-5-1-3-14(11-15)19(24)25/h1-11H,(H,24,25). The predicted octanol–water partition coefficient (Wildman–Crippen LogP) is 4.34. The number of aromatic carboxylic acids is 1. The number of thioether (sulfide) groups is 1. The first-order valence-corrected chi connectivity index (χ1v) is 9.21. The minimum absolute atomic E-state index is 0.104. The molecule has 1 N–H and O–H groups in total. The van der Waals surface area contributed by atoms with Crippen molar-refractivity contribution in [3.8, 4) is 0 Å². The van der Waals surface area contributed by atoms with Crippen LogP contribution in [0.1, 0.15) is 15.9 Å². The molecule has 1 aliphatic heterocycles. The Morgan fingerprint density at radius 2 is 2.00 bits per heavy atom. The van der Waals surface area contributed by atoms with Crippen LogP contribution in [0.2, 0.25) is 0 Å². The van der Waals surface area contributed by atoms with Crippen LogP contribution in [-0.2, 0) is 4.79 Å². The molecule has 3 aromatic rings. The lowest BCUT2D eigenvalue weighted by Crippen LogP contribution is -2.27. The number of hydrogen-bond acceptors (Lipinski definition) is 5. The Morgan fingerprint density at radius 1 is 1.15 bits per heavy atom. The molecule has 0 unspecified atom stereocenters. The van der Waals surface area contributed by atoms with Crippen LogP contribution >= 0.6 is 24.0 Å². The molecular weight excluding hydrogens is 380 g/mol.